The maximum absolute atomic E-state index is 2.37. The Bertz CT molecular complexity index is 2720. The van der Waals surface area contributed by atoms with Gasteiger partial charge in [-0.3, -0.25) is 0 Å². The molecule has 0 nitrogen and oxygen atoms in total. The minimum Gasteiger partial charge on any atom is -0.0888 e. The van der Waals surface area contributed by atoms with Crippen molar-refractivity contribution < 1.29 is 0 Å². The summed E-state index contributed by atoms with van der Waals surface area (Å²) in [7, 11) is 0. The topological polar surface area (TPSA) is 0 Å². The summed E-state index contributed by atoms with van der Waals surface area (Å²) < 4.78 is 0. The van der Waals surface area contributed by atoms with Crippen molar-refractivity contribution in [2.75, 3.05) is 0 Å². The predicted octanol–water partition coefficient (Wildman–Crippen LogP) is 14.2. The van der Waals surface area contributed by atoms with Gasteiger partial charge in [0.1, 0.15) is 0 Å². The molecule has 1 aliphatic carbocycles. The fourth-order valence-electron chi connectivity index (χ4n) is 8.11. The maximum Gasteiger partial charge on any atom is 0.0207 e. The lowest BCUT2D eigenvalue weighted by atomic mass is 9.82. The Morgan fingerprint density at radius 1 is 0.320 bits per heavy atom. The summed E-state index contributed by atoms with van der Waals surface area (Å²) in [4.78, 5) is 2.66. The molecule has 10 rings (SSSR count). The van der Waals surface area contributed by atoms with Gasteiger partial charge in [0.25, 0.3) is 0 Å². The molecule has 2 bridgehead atoms. The molecule has 234 valence electrons. The molecular formula is C49H32S. The fourth-order valence-corrected chi connectivity index (χ4v) is 9.24. The van der Waals surface area contributed by atoms with Gasteiger partial charge in [0, 0.05) is 15.2 Å². The number of aryl methyl sites for hydroxylation is 1. The average Bonchev–Trinajstić information content (AvgIpc) is 3.50. The molecule has 0 saturated heterocycles. The molecule has 0 fully saturated rings. The molecule has 0 N–H and O–H groups in total. The van der Waals surface area contributed by atoms with Gasteiger partial charge in [0.2, 0.25) is 0 Å². The van der Waals surface area contributed by atoms with Crippen LogP contribution in [0.4, 0.5) is 0 Å². The minimum atomic E-state index is 1.23. The monoisotopic (exact) mass is 652 g/mol. The van der Waals surface area contributed by atoms with E-state index in [4.69, 9.17) is 0 Å². The predicted molar refractivity (Wildman–Crippen MR) is 214 cm³/mol. The van der Waals surface area contributed by atoms with Crippen LogP contribution < -0.4 is 0 Å². The van der Waals surface area contributed by atoms with Crippen LogP contribution in [0.5, 0.6) is 0 Å². The summed E-state index contributed by atoms with van der Waals surface area (Å²) in [5.41, 5.74) is 16.5. The van der Waals surface area contributed by atoms with E-state index in [1.807, 2.05) is 11.8 Å². The van der Waals surface area contributed by atoms with Crippen LogP contribution in [0.2, 0.25) is 0 Å². The highest BCUT2D eigenvalue weighted by atomic mass is 32.2. The SMILES string of the molecule is Cc1cccc2cc(ccc1)-c1c-2c(-c2ccccc2)c2ccccc2c1-c1ccc(-c2ccc3c4c(cccc24)-c2ccccc2S3)cc1. The van der Waals surface area contributed by atoms with E-state index in [-0.39, 0.29) is 0 Å². The molecule has 0 spiro atoms. The Hall–Kier alpha value is -5.89. The maximum atomic E-state index is 2.37. The molecule has 0 aromatic heterocycles. The van der Waals surface area contributed by atoms with E-state index in [1.54, 1.807) is 0 Å². The number of hydrogen-bond acceptors (Lipinski definition) is 1. The number of rotatable bonds is 3. The van der Waals surface area contributed by atoms with Crippen molar-refractivity contribution in [3.8, 4) is 66.8 Å². The van der Waals surface area contributed by atoms with Crippen LogP contribution in [0, 0.1) is 6.92 Å². The van der Waals surface area contributed by atoms with Crippen molar-refractivity contribution in [3.63, 3.8) is 0 Å². The van der Waals surface area contributed by atoms with Gasteiger partial charge >= 0.3 is 0 Å². The molecular weight excluding hydrogens is 621 g/mol. The second-order valence-corrected chi connectivity index (χ2v) is 14.4. The van der Waals surface area contributed by atoms with Gasteiger partial charge in [-0.2, -0.15) is 0 Å². The smallest absolute Gasteiger partial charge is 0.0207 e. The van der Waals surface area contributed by atoms with Crippen molar-refractivity contribution >= 4 is 33.3 Å². The second kappa shape index (κ2) is 11.6. The minimum absolute atomic E-state index is 1.23. The third kappa shape index (κ3) is 4.55. The lowest BCUT2D eigenvalue weighted by molar-refractivity contribution is 1.40. The molecule has 1 aliphatic heterocycles. The highest BCUT2D eigenvalue weighted by Crippen LogP contribution is 2.54. The van der Waals surface area contributed by atoms with Crippen molar-refractivity contribution in [3.05, 3.63) is 181 Å². The highest BCUT2D eigenvalue weighted by molar-refractivity contribution is 7.99. The van der Waals surface area contributed by atoms with Crippen LogP contribution in [0.15, 0.2) is 186 Å². The van der Waals surface area contributed by atoms with Gasteiger partial charge in [-0.25, -0.2) is 0 Å². The van der Waals surface area contributed by atoms with Crippen LogP contribution >= 0.6 is 11.8 Å². The lowest BCUT2D eigenvalue weighted by Gasteiger charge is -2.22. The van der Waals surface area contributed by atoms with Crippen LogP contribution in [-0.2, 0) is 0 Å². The molecule has 50 heavy (non-hydrogen) atoms. The summed E-state index contributed by atoms with van der Waals surface area (Å²) >= 11 is 1.88. The molecule has 2 aliphatic rings. The number of hydrogen-bond donors (Lipinski definition) is 0. The molecule has 0 radical (unpaired) electrons. The quantitative estimate of drug-likeness (QED) is 0.183. The molecule has 0 atom stereocenters. The number of fused-ring (bicyclic) bond motifs is 8. The van der Waals surface area contributed by atoms with Gasteiger partial charge < -0.3 is 0 Å². The van der Waals surface area contributed by atoms with Gasteiger partial charge in [0.15, 0.2) is 0 Å². The zero-order valence-corrected chi connectivity index (χ0v) is 28.5. The van der Waals surface area contributed by atoms with Crippen LogP contribution in [-0.4, -0.2) is 0 Å². The first-order chi connectivity index (χ1) is 24.7. The summed E-state index contributed by atoms with van der Waals surface area (Å²) in [6, 6.07) is 65.1. The third-order valence-electron chi connectivity index (χ3n) is 10.3. The van der Waals surface area contributed by atoms with Gasteiger partial charge in [0.05, 0.1) is 0 Å². The van der Waals surface area contributed by atoms with Crippen molar-refractivity contribution in [1.29, 1.82) is 0 Å². The lowest BCUT2D eigenvalue weighted by Crippen LogP contribution is -1.94. The van der Waals surface area contributed by atoms with Gasteiger partial charge in [-0.15, -0.1) is 0 Å². The normalized spacial score (nSPS) is 12.0. The van der Waals surface area contributed by atoms with E-state index < -0.39 is 0 Å². The fraction of sp³-hybridized carbons (Fsp3) is 0.0204. The van der Waals surface area contributed by atoms with E-state index >= 15 is 0 Å². The summed E-state index contributed by atoms with van der Waals surface area (Å²) in [5.74, 6) is 0. The zero-order valence-electron chi connectivity index (χ0n) is 27.7. The van der Waals surface area contributed by atoms with E-state index in [9.17, 15) is 0 Å². The van der Waals surface area contributed by atoms with Crippen LogP contribution in [0.3, 0.4) is 0 Å². The van der Waals surface area contributed by atoms with Crippen molar-refractivity contribution in [2.24, 2.45) is 0 Å². The van der Waals surface area contributed by atoms with Gasteiger partial charge in [-0.05, 0) is 108 Å². The molecule has 0 amide bonds. The third-order valence-corrected chi connectivity index (χ3v) is 11.5. The second-order valence-electron chi connectivity index (χ2n) is 13.3. The first-order valence-corrected chi connectivity index (χ1v) is 18.1. The Balaban J connectivity index is 1.20. The molecule has 1 heterocycles. The van der Waals surface area contributed by atoms with Gasteiger partial charge in [-0.1, -0.05) is 175 Å². The Kier molecular flexibility index (Phi) is 6.75. The summed E-state index contributed by atoms with van der Waals surface area (Å²) in [5, 5.41) is 5.21. The summed E-state index contributed by atoms with van der Waals surface area (Å²) in [6.07, 6.45) is 0. The Labute approximate surface area is 297 Å². The Morgan fingerprint density at radius 3 is 1.58 bits per heavy atom. The van der Waals surface area contributed by atoms with Crippen molar-refractivity contribution in [2.45, 2.75) is 16.7 Å². The molecule has 0 saturated carbocycles. The molecule has 1 heteroatoms. The number of benzene rings is 7. The average molecular weight is 653 g/mol. The summed E-state index contributed by atoms with van der Waals surface area (Å²) in [6.45, 7) is 2.16. The zero-order chi connectivity index (χ0) is 33.2. The van der Waals surface area contributed by atoms with Crippen molar-refractivity contribution in [1.82, 2.24) is 0 Å². The van der Waals surface area contributed by atoms with E-state index in [1.165, 1.54) is 104 Å². The standard InChI is InChI=1S/C49H32S/c1-31-12-9-16-35-30-36(17-10-13-31)48-46(42-20-6-5-19-41(42)45(47(35)48)33-14-3-2-4-15-33)34-26-24-32(25-27-34)37-28-29-44-49-39(37)21-11-22-40(49)38-18-7-8-23-43(38)50-44/h2-30H,1H3. The first-order valence-electron chi connectivity index (χ1n) is 17.3. The van der Waals surface area contributed by atoms with E-state index in [2.05, 4.69) is 183 Å². The Morgan fingerprint density at radius 2 is 0.860 bits per heavy atom. The van der Waals surface area contributed by atoms with E-state index in [0.29, 0.717) is 0 Å². The van der Waals surface area contributed by atoms with E-state index in [0.717, 1.165) is 0 Å². The van der Waals surface area contributed by atoms with Crippen LogP contribution in [0.25, 0.3) is 88.3 Å². The molecule has 8 aromatic carbocycles. The highest BCUT2D eigenvalue weighted by Gasteiger charge is 2.27. The first kappa shape index (κ1) is 29.1. The van der Waals surface area contributed by atoms with Crippen LogP contribution in [0.1, 0.15) is 5.56 Å². The molecule has 0 unspecified atom stereocenters. The molecule has 8 aromatic rings. The largest absolute Gasteiger partial charge is 0.0888 e.